The molecule has 0 rings (SSSR count). The van der Waals surface area contributed by atoms with Crippen LogP contribution in [-0.4, -0.2) is 53.1 Å². The maximum atomic E-state index is 12.5. The number of nitrogens with one attached hydrogen (secondary N) is 1. The van der Waals surface area contributed by atoms with E-state index in [1.165, 1.54) is 109 Å². The van der Waals surface area contributed by atoms with Crippen LogP contribution in [0.15, 0.2) is 36.5 Å². The summed E-state index contributed by atoms with van der Waals surface area (Å²) in [5.74, 6) is -1.57. The summed E-state index contributed by atoms with van der Waals surface area (Å²) in [7, 11) is -4.44. The highest BCUT2D eigenvalue weighted by Gasteiger charge is 2.27. The topological polar surface area (TPSA) is 124 Å². The van der Waals surface area contributed by atoms with Gasteiger partial charge in [0.2, 0.25) is 5.91 Å². The molecule has 0 aliphatic heterocycles. The van der Waals surface area contributed by atoms with Gasteiger partial charge in [-0.15, -0.1) is 0 Å². The molecule has 0 spiro atoms. The molecule has 0 heterocycles. The zero-order chi connectivity index (χ0) is 34.1. The summed E-state index contributed by atoms with van der Waals surface area (Å²) in [6, 6.07) is -1.25. The molecule has 1 amide bonds. The highest BCUT2D eigenvalue weighted by Crippen LogP contribution is 2.15. The molecule has 0 aliphatic rings. The number of carbonyl (C=O) groups is 1. The van der Waals surface area contributed by atoms with Crippen LogP contribution in [0.4, 0.5) is 0 Å². The summed E-state index contributed by atoms with van der Waals surface area (Å²) in [5.41, 5.74) is 0. The Morgan fingerprint density at radius 1 is 0.630 bits per heavy atom. The average molecular weight is 670 g/mol. The molecule has 0 aromatic heterocycles. The van der Waals surface area contributed by atoms with Crippen molar-refractivity contribution in [1.82, 2.24) is 5.32 Å². The summed E-state index contributed by atoms with van der Waals surface area (Å²) < 4.78 is 32.3. The van der Waals surface area contributed by atoms with E-state index in [1.807, 2.05) is 13.0 Å². The number of amides is 1. The van der Waals surface area contributed by atoms with Crippen molar-refractivity contribution in [1.29, 1.82) is 0 Å². The zero-order valence-corrected chi connectivity index (χ0v) is 30.4. The first kappa shape index (κ1) is 44.5. The number of hydrogen-bond donors (Lipinski definition) is 4. The zero-order valence-electron chi connectivity index (χ0n) is 29.6. The van der Waals surface area contributed by atoms with Crippen molar-refractivity contribution in [2.24, 2.45) is 0 Å². The maximum Gasteiger partial charge on any atom is 0.267 e. The van der Waals surface area contributed by atoms with Crippen LogP contribution in [0.3, 0.4) is 0 Å². The molecule has 0 saturated carbocycles. The highest BCUT2D eigenvalue weighted by atomic mass is 32.2. The molecule has 3 atom stereocenters. The van der Waals surface area contributed by atoms with Crippen molar-refractivity contribution in [3.63, 3.8) is 0 Å². The van der Waals surface area contributed by atoms with Gasteiger partial charge in [-0.3, -0.25) is 9.35 Å². The Morgan fingerprint density at radius 2 is 1.02 bits per heavy atom. The van der Waals surface area contributed by atoms with Crippen molar-refractivity contribution in [2.75, 3.05) is 5.75 Å². The number of aliphatic hydroxyl groups excluding tert-OH is 2. The molecule has 0 aliphatic carbocycles. The van der Waals surface area contributed by atoms with Gasteiger partial charge < -0.3 is 15.5 Å². The van der Waals surface area contributed by atoms with Crippen molar-refractivity contribution in [2.45, 2.75) is 193 Å². The fraction of sp³-hybridized carbons (Fsp3) is 0.816. The van der Waals surface area contributed by atoms with E-state index in [9.17, 15) is 28.0 Å². The Hall–Kier alpha value is -1.48. The second-order valence-corrected chi connectivity index (χ2v) is 14.5. The van der Waals surface area contributed by atoms with E-state index in [2.05, 4.69) is 30.5 Å². The Kier molecular flexibility index (Phi) is 31.1. The van der Waals surface area contributed by atoms with Gasteiger partial charge in [0.15, 0.2) is 0 Å². The van der Waals surface area contributed by atoms with E-state index in [0.29, 0.717) is 12.8 Å². The summed E-state index contributed by atoms with van der Waals surface area (Å²) in [4.78, 5) is 12.5. The Balaban J connectivity index is 3.96. The van der Waals surface area contributed by atoms with Crippen LogP contribution in [0, 0.1) is 0 Å². The molecule has 7 nitrogen and oxygen atoms in total. The lowest BCUT2D eigenvalue weighted by Crippen LogP contribution is -2.50. The van der Waals surface area contributed by atoms with Crippen LogP contribution in [0.5, 0.6) is 0 Å². The van der Waals surface area contributed by atoms with E-state index in [1.54, 1.807) is 6.08 Å². The standard InChI is InChI=1S/C38H71NO6S/c1-3-5-7-9-11-13-14-15-16-17-18-19-20-21-22-23-25-27-29-31-33-37(41)38(42)39-35(34-46(43,44)45)36(40)32-30-28-26-24-12-10-8-6-4-2/h4,6,12,24,30,32,35-37,40-41H,3,5,7-11,13-23,25-29,31,33-34H2,1-2H3,(H,39,42)(H,43,44,45)/b6-4+,24-12+,32-30+. The molecule has 8 heteroatoms. The summed E-state index contributed by atoms with van der Waals surface area (Å²) in [6.07, 6.45) is 38.1. The Morgan fingerprint density at radius 3 is 1.43 bits per heavy atom. The van der Waals surface area contributed by atoms with Gasteiger partial charge in [0.1, 0.15) is 6.10 Å². The summed E-state index contributed by atoms with van der Waals surface area (Å²) in [5, 5.41) is 23.2. The minimum Gasteiger partial charge on any atom is -0.387 e. The highest BCUT2D eigenvalue weighted by molar-refractivity contribution is 7.85. The number of aliphatic hydroxyl groups is 2. The number of rotatable bonds is 33. The molecule has 0 bridgehead atoms. The molecule has 46 heavy (non-hydrogen) atoms. The van der Waals surface area contributed by atoms with Gasteiger partial charge in [-0.25, -0.2) is 0 Å². The largest absolute Gasteiger partial charge is 0.387 e. The first-order valence-corrected chi connectivity index (χ1v) is 20.4. The summed E-state index contributed by atoms with van der Waals surface area (Å²) in [6.45, 7) is 4.26. The monoisotopic (exact) mass is 670 g/mol. The quantitative estimate of drug-likeness (QED) is 0.0313. The van der Waals surface area contributed by atoms with Crippen LogP contribution in [0.2, 0.25) is 0 Å². The van der Waals surface area contributed by atoms with E-state index < -0.39 is 40.0 Å². The SMILES string of the molecule is C/C=C/CC/C=C/CC/C=C/C(O)C(CS(=O)(=O)O)NC(=O)C(O)CCCCCCCCCCCCCCCCCCCCCC. The smallest absolute Gasteiger partial charge is 0.267 e. The van der Waals surface area contributed by atoms with Gasteiger partial charge in [0.25, 0.3) is 10.1 Å². The van der Waals surface area contributed by atoms with Gasteiger partial charge in [-0.05, 0) is 39.0 Å². The van der Waals surface area contributed by atoms with Crippen LogP contribution < -0.4 is 5.32 Å². The molecular weight excluding hydrogens is 598 g/mol. The lowest BCUT2D eigenvalue weighted by atomic mass is 10.0. The van der Waals surface area contributed by atoms with Gasteiger partial charge >= 0.3 is 0 Å². The van der Waals surface area contributed by atoms with Gasteiger partial charge in [0.05, 0.1) is 17.9 Å². The molecule has 0 aromatic rings. The van der Waals surface area contributed by atoms with E-state index in [0.717, 1.165) is 38.5 Å². The average Bonchev–Trinajstić information content (AvgIpc) is 3.01. The third-order valence-corrected chi connectivity index (χ3v) is 9.28. The van der Waals surface area contributed by atoms with E-state index >= 15 is 0 Å². The normalized spacial score (nSPS) is 14.5. The molecule has 0 radical (unpaired) electrons. The lowest BCUT2D eigenvalue weighted by Gasteiger charge is -2.22. The van der Waals surface area contributed by atoms with Crippen LogP contribution in [-0.2, 0) is 14.9 Å². The summed E-state index contributed by atoms with van der Waals surface area (Å²) >= 11 is 0. The first-order chi connectivity index (χ1) is 22.2. The van der Waals surface area contributed by atoms with Crippen molar-refractivity contribution in [3.05, 3.63) is 36.5 Å². The van der Waals surface area contributed by atoms with Crippen LogP contribution in [0.1, 0.15) is 174 Å². The fourth-order valence-corrected chi connectivity index (χ4v) is 6.35. The lowest BCUT2D eigenvalue weighted by molar-refractivity contribution is -0.130. The van der Waals surface area contributed by atoms with Crippen LogP contribution in [0.25, 0.3) is 0 Å². The molecule has 0 saturated heterocycles. The number of allylic oxidation sites excluding steroid dienone is 5. The minimum absolute atomic E-state index is 0.274. The first-order valence-electron chi connectivity index (χ1n) is 18.8. The second kappa shape index (κ2) is 32.1. The molecule has 3 unspecified atom stereocenters. The predicted molar refractivity (Wildman–Crippen MR) is 195 cm³/mol. The van der Waals surface area contributed by atoms with E-state index in [-0.39, 0.29) is 6.42 Å². The number of carbonyl (C=O) groups excluding carboxylic acids is 1. The third kappa shape index (κ3) is 31.1. The van der Waals surface area contributed by atoms with E-state index in [4.69, 9.17) is 0 Å². The predicted octanol–water partition coefficient (Wildman–Crippen LogP) is 9.54. The second-order valence-electron chi connectivity index (χ2n) is 13.0. The van der Waals surface area contributed by atoms with Crippen LogP contribution >= 0.6 is 0 Å². The Labute approximate surface area is 283 Å². The molecule has 0 fully saturated rings. The van der Waals surface area contributed by atoms with Crippen molar-refractivity contribution >= 4 is 16.0 Å². The van der Waals surface area contributed by atoms with Gasteiger partial charge in [0, 0.05) is 0 Å². The molecule has 270 valence electrons. The van der Waals surface area contributed by atoms with Gasteiger partial charge in [-0.1, -0.05) is 172 Å². The minimum atomic E-state index is -4.44. The fourth-order valence-electron chi connectivity index (χ4n) is 5.61. The molecule has 4 N–H and O–H groups in total. The number of unbranched alkanes of at least 4 members (excludes halogenated alkanes) is 21. The molecule has 0 aromatic carbocycles. The maximum absolute atomic E-state index is 12.5. The Bertz CT molecular complexity index is 886. The molecular formula is C38H71NO6S. The number of hydrogen-bond acceptors (Lipinski definition) is 5. The van der Waals surface area contributed by atoms with Crippen molar-refractivity contribution < 1.29 is 28.0 Å². The van der Waals surface area contributed by atoms with Gasteiger partial charge in [-0.2, -0.15) is 8.42 Å². The third-order valence-electron chi connectivity index (χ3n) is 8.50. The van der Waals surface area contributed by atoms with Crippen molar-refractivity contribution in [3.8, 4) is 0 Å².